The van der Waals surface area contributed by atoms with Crippen molar-refractivity contribution in [3.63, 3.8) is 0 Å². The number of fused-ring (bicyclic) bond motifs is 1. The Bertz CT molecular complexity index is 1050. The minimum atomic E-state index is -3.76. The second kappa shape index (κ2) is 6.30. The van der Waals surface area contributed by atoms with E-state index in [9.17, 15) is 8.42 Å². The lowest BCUT2D eigenvalue weighted by atomic mass is 10.2. The Morgan fingerprint density at radius 2 is 1.88 bits per heavy atom. The van der Waals surface area contributed by atoms with Gasteiger partial charge in [0.15, 0.2) is 11.5 Å². The summed E-state index contributed by atoms with van der Waals surface area (Å²) in [5, 5.41) is 11.0. The van der Waals surface area contributed by atoms with Crippen LogP contribution in [0.4, 0.5) is 5.69 Å². The molecule has 9 nitrogen and oxygen atoms in total. The summed E-state index contributed by atoms with van der Waals surface area (Å²) in [7, 11) is -3.76. The van der Waals surface area contributed by atoms with Crippen molar-refractivity contribution in [3.05, 3.63) is 48.3 Å². The molecule has 0 radical (unpaired) electrons. The van der Waals surface area contributed by atoms with Crippen molar-refractivity contribution in [1.29, 1.82) is 0 Å². The first-order valence-corrected chi connectivity index (χ1v) is 9.28. The molecule has 134 valence electrons. The number of hydrogen-bond acceptors (Lipinski definition) is 7. The predicted octanol–water partition coefficient (Wildman–Crippen LogP) is 1.54. The second-order valence-corrected chi connectivity index (χ2v) is 7.35. The molecule has 0 spiro atoms. The zero-order valence-corrected chi connectivity index (χ0v) is 14.6. The van der Waals surface area contributed by atoms with Gasteiger partial charge in [-0.25, -0.2) is 13.1 Å². The van der Waals surface area contributed by atoms with Crippen LogP contribution in [0.1, 0.15) is 5.56 Å². The van der Waals surface area contributed by atoms with Gasteiger partial charge in [-0.05, 0) is 53.2 Å². The fourth-order valence-corrected chi connectivity index (χ4v) is 3.78. The van der Waals surface area contributed by atoms with Gasteiger partial charge >= 0.3 is 0 Å². The molecule has 1 aliphatic heterocycles. The number of hydrogen-bond donors (Lipinski definition) is 1. The number of sulfonamides is 1. The maximum atomic E-state index is 12.7. The van der Waals surface area contributed by atoms with Crippen LogP contribution in [0.2, 0.25) is 0 Å². The fourth-order valence-electron chi connectivity index (χ4n) is 2.64. The zero-order valence-electron chi connectivity index (χ0n) is 13.8. The summed E-state index contributed by atoms with van der Waals surface area (Å²) < 4.78 is 40.3. The van der Waals surface area contributed by atoms with Gasteiger partial charge in [-0.2, -0.15) is 0 Å². The summed E-state index contributed by atoms with van der Waals surface area (Å²) in [6, 6.07) is 9.64. The van der Waals surface area contributed by atoms with Gasteiger partial charge in [-0.3, -0.25) is 4.72 Å². The Morgan fingerprint density at radius 1 is 1.08 bits per heavy atom. The van der Waals surface area contributed by atoms with Crippen LogP contribution >= 0.6 is 0 Å². The Labute approximate surface area is 149 Å². The maximum Gasteiger partial charge on any atom is 0.261 e. The first-order chi connectivity index (χ1) is 12.5. The highest BCUT2D eigenvalue weighted by atomic mass is 32.2. The van der Waals surface area contributed by atoms with Crippen molar-refractivity contribution >= 4 is 15.7 Å². The van der Waals surface area contributed by atoms with Crippen molar-refractivity contribution in [2.75, 3.05) is 17.9 Å². The van der Waals surface area contributed by atoms with Crippen LogP contribution in [0, 0.1) is 6.92 Å². The van der Waals surface area contributed by atoms with Gasteiger partial charge in [0, 0.05) is 6.07 Å². The van der Waals surface area contributed by atoms with Crippen molar-refractivity contribution in [2.24, 2.45) is 0 Å². The summed E-state index contributed by atoms with van der Waals surface area (Å²) in [4.78, 5) is 0.140. The predicted molar refractivity (Wildman–Crippen MR) is 92.1 cm³/mol. The van der Waals surface area contributed by atoms with Crippen molar-refractivity contribution in [2.45, 2.75) is 11.8 Å². The molecule has 0 saturated heterocycles. The van der Waals surface area contributed by atoms with Crippen molar-refractivity contribution in [3.8, 4) is 17.2 Å². The third-order valence-corrected chi connectivity index (χ3v) is 5.25. The van der Waals surface area contributed by atoms with Crippen molar-refractivity contribution in [1.82, 2.24) is 20.2 Å². The van der Waals surface area contributed by atoms with E-state index in [1.165, 1.54) is 17.1 Å². The van der Waals surface area contributed by atoms with Gasteiger partial charge in [-0.15, -0.1) is 5.10 Å². The van der Waals surface area contributed by atoms with E-state index in [0.717, 1.165) is 5.56 Å². The SMILES string of the molecule is Cc1cc(S(=O)(=O)Nc2ccc3c(c2)OCCO3)ccc1-n1cnnn1. The molecule has 0 atom stereocenters. The normalized spacial score (nSPS) is 13.4. The van der Waals surface area contributed by atoms with E-state index in [4.69, 9.17) is 9.47 Å². The highest BCUT2D eigenvalue weighted by molar-refractivity contribution is 7.92. The first kappa shape index (κ1) is 16.3. The highest BCUT2D eigenvalue weighted by Gasteiger charge is 2.18. The first-order valence-electron chi connectivity index (χ1n) is 7.79. The summed E-state index contributed by atoms with van der Waals surface area (Å²) in [6.45, 7) is 2.70. The standard InChI is InChI=1S/C16H15N5O4S/c1-11-8-13(3-4-14(11)21-10-17-19-20-21)26(22,23)18-12-2-5-15-16(9-12)25-7-6-24-15/h2-5,8-10,18H,6-7H2,1H3. The molecule has 4 rings (SSSR count). The second-order valence-electron chi connectivity index (χ2n) is 5.67. The number of ether oxygens (including phenoxy) is 2. The summed E-state index contributed by atoms with van der Waals surface area (Å²) in [5.41, 5.74) is 1.83. The third-order valence-electron chi connectivity index (χ3n) is 3.87. The van der Waals surface area contributed by atoms with Crippen LogP contribution in [0.5, 0.6) is 11.5 Å². The largest absolute Gasteiger partial charge is 0.486 e. The Balaban J connectivity index is 1.61. The van der Waals surface area contributed by atoms with Crippen LogP contribution < -0.4 is 14.2 Å². The summed E-state index contributed by atoms with van der Waals surface area (Å²) in [6.07, 6.45) is 1.45. The van der Waals surface area contributed by atoms with E-state index >= 15 is 0 Å². The Kier molecular flexibility index (Phi) is 3.96. The molecule has 0 saturated carbocycles. The molecule has 3 aromatic rings. The summed E-state index contributed by atoms with van der Waals surface area (Å²) >= 11 is 0. The van der Waals surface area contributed by atoms with Crippen LogP contribution in [0.3, 0.4) is 0 Å². The van der Waals surface area contributed by atoms with Crippen LogP contribution in [-0.2, 0) is 10.0 Å². The molecular formula is C16H15N5O4S. The minimum Gasteiger partial charge on any atom is -0.486 e. The van der Waals surface area contributed by atoms with E-state index in [1.54, 1.807) is 37.3 Å². The number of benzene rings is 2. The average molecular weight is 373 g/mol. The molecule has 1 N–H and O–H groups in total. The van der Waals surface area contributed by atoms with Crippen LogP contribution in [0.15, 0.2) is 47.6 Å². The molecule has 26 heavy (non-hydrogen) atoms. The third kappa shape index (κ3) is 3.06. The molecule has 2 heterocycles. The topological polar surface area (TPSA) is 108 Å². The molecule has 0 aliphatic carbocycles. The zero-order chi connectivity index (χ0) is 18.1. The molecule has 0 unspecified atom stereocenters. The molecule has 0 fully saturated rings. The van der Waals surface area contributed by atoms with Gasteiger partial charge in [-0.1, -0.05) is 0 Å². The molecule has 1 aliphatic rings. The number of aryl methyl sites for hydroxylation is 1. The van der Waals surface area contributed by atoms with E-state index in [2.05, 4.69) is 20.2 Å². The lowest BCUT2D eigenvalue weighted by Crippen LogP contribution is -2.17. The van der Waals surface area contributed by atoms with Gasteiger partial charge in [0.25, 0.3) is 10.0 Å². The van der Waals surface area contributed by atoms with Gasteiger partial charge < -0.3 is 9.47 Å². The van der Waals surface area contributed by atoms with Gasteiger partial charge in [0.2, 0.25) is 0 Å². The average Bonchev–Trinajstić information content (AvgIpc) is 3.15. The smallest absolute Gasteiger partial charge is 0.261 e. The minimum absolute atomic E-state index is 0.140. The van der Waals surface area contributed by atoms with Crippen LogP contribution in [-0.4, -0.2) is 41.8 Å². The molecule has 2 aromatic carbocycles. The number of nitrogens with one attached hydrogen (secondary N) is 1. The van der Waals surface area contributed by atoms with E-state index in [1.807, 2.05) is 0 Å². The summed E-state index contributed by atoms with van der Waals surface area (Å²) in [5.74, 6) is 1.11. The number of nitrogens with zero attached hydrogens (tertiary/aromatic N) is 4. The molecular weight excluding hydrogens is 358 g/mol. The molecule has 0 bridgehead atoms. The number of aromatic nitrogens is 4. The molecule has 1 aromatic heterocycles. The van der Waals surface area contributed by atoms with E-state index in [0.29, 0.717) is 36.1 Å². The number of anilines is 1. The molecule has 0 amide bonds. The highest BCUT2D eigenvalue weighted by Crippen LogP contribution is 2.33. The van der Waals surface area contributed by atoms with Gasteiger partial charge in [0.1, 0.15) is 19.5 Å². The lowest BCUT2D eigenvalue weighted by Gasteiger charge is -2.19. The number of rotatable bonds is 4. The number of tetrazole rings is 1. The van der Waals surface area contributed by atoms with E-state index < -0.39 is 10.0 Å². The molecule has 10 heteroatoms. The Morgan fingerprint density at radius 3 is 2.62 bits per heavy atom. The monoisotopic (exact) mass is 373 g/mol. The quantitative estimate of drug-likeness (QED) is 0.739. The van der Waals surface area contributed by atoms with Crippen LogP contribution in [0.25, 0.3) is 5.69 Å². The lowest BCUT2D eigenvalue weighted by molar-refractivity contribution is 0.171. The fraction of sp³-hybridized carbons (Fsp3) is 0.188. The van der Waals surface area contributed by atoms with Gasteiger partial charge in [0.05, 0.1) is 16.3 Å². The van der Waals surface area contributed by atoms with Crippen molar-refractivity contribution < 1.29 is 17.9 Å². The maximum absolute atomic E-state index is 12.7. The van der Waals surface area contributed by atoms with E-state index in [-0.39, 0.29) is 4.90 Å². The Hall–Kier alpha value is -3.14.